The molecule has 9 heteroatoms. The molecule has 2 aliphatic heterocycles. The molecular formula is C29H37N3O6. The van der Waals surface area contributed by atoms with Gasteiger partial charge in [-0.05, 0) is 67.5 Å². The van der Waals surface area contributed by atoms with Gasteiger partial charge in [0.2, 0.25) is 11.8 Å². The highest BCUT2D eigenvalue weighted by atomic mass is 16.5. The summed E-state index contributed by atoms with van der Waals surface area (Å²) in [6.07, 6.45) is 4.03. The summed E-state index contributed by atoms with van der Waals surface area (Å²) in [6.45, 7) is 2.85. The second kappa shape index (κ2) is 13.9. The molecule has 9 nitrogen and oxygen atoms in total. The van der Waals surface area contributed by atoms with Gasteiger partial charge < -0.3 is 30.1 Å². The second-order valence-electron chi connectivity index (χ2n) is 9.78. The standard InChI is InChI=1S/C29H37N3O6/c33-26-10-9-21-11-13-30-27(34)8-2-14-32(28(35)20-37-19-24-7-3-16-38-24)15-4-12-31-29(36)23-6-1-5-22(18-23)25(26)17-21/h1,5-6,9-10,17-18,24,33H,2-4,7-8,11-16,19-20H2,(H,30,34)(H,31,36). The molecule has 1 unspecified atom stereocenters. The number of nitrogens with zero attached hydrogens (tertiary/aromatic N) is 1. The summed E-state index contributed by atoms with van der Waals surface area (Å²) in [5.74, 6) is -0.282. The lowest BCUT2D eigenvalue weighted by Gasteiger charge is -2.23. The van der Waals surface area contributed by atoms with E-state index in [1.807, 2.05) is 18.2 Å². The molecule has 4 bridgehead atoms. The summed E-state index contributed by atoms with van der Waals surface area (Å²) in [4.78, 5) is 39.8. The molecule has 0 spiro atoms. The number of carbonyl (C=O) groups excluding carboxylic acids is 3. The summed E-state index contributed by atoms with van der Waals surface area (Å²) < 4.78 is 11.2. The summed E-state index contributed by atoms with van der Waals surface area (Å²) >= 11 is 0. The number of fused-ring (bicyclic) bond motifs is 5. The van der Waals surface area contributed by atoms with E-state index < -0.39 is 0 Å². The van der Waals surface area contributed by atoms with Gasteiger partial charge in [0.15, 0.2) is 0 Å². The maximum Gasteiger partial charge on any atom is 0.251 e. The number of amides is 3. The van der Waals surface area contributed by atoms with E-state index in [1.165, 1.54) is 0 Å². The van der Waals surface area contributed by atoms with Crippen LogP contribution in [0, 0.1) is 0 Å². The maximum atomic E-state index is 12.9. The molecule has 1 atom stereocenters. The van der Waals surface area contributed by atoms with E-state index in [0.29, 0.717) is 69.6 Å². The Hall–Kier alpha value is -3.43. The van der Waals surface area contributed by atoms with Crippen LogP contribution in [0.25, 0.3) is 11.1 Å². The number of aromatic hydroxyl groups is 1. The largest absolute Gasteiger partial charge is 0.507 e. The van der Waals surface area contributed by atoms with E-state index in [-0.39, 0.29) is 36.2 Å². The summed E-state index contributed by atoms with van der Waals surface area (Å²) in [6, 6.07) is 12.5. The fourth-order valence-corrected chi connectivity index (χ4v) is 4.74. The Morgan fingerprint density at radius 3 is 2.68 bits per heavy atom. The van der Waals surface area contributed by atoms with E-state index in [1.54, 1.807) is 29.2 Å². The summed E-state index contributed by atoms with van der Waals surface area (Å²) in [5, 5.41) is 16.3. The van der Waals surface area contributed by atoms with Crippen LogP contribution in [0.2, 0.25) is 0 Å². The molecule has 3 N–H and O–H groups in total. The Kier molecular flexibility index (Phi) is 10.1. The average Bonchev–Trinajstić information content (AvgIpc) is 3.44. The van der Waals surface area contributed by atoms with Crippen LogP contribution in [0.5, 0.6) is 5.75 Å². The van der Waals surface area contributed by atoms with Gasteiger partial charge in [-0.1, -0.05) is 18.2 Å². The van der Waals surface area contributed by atoms with Crippen molar-refractivity contribution in [2.24, 2.45) is 0 Å². The average molecular weight is 524 g/mol. The van der Waals surface area contributed by atoms with Gasteiger partial charge in [0.1, 0.15) is 12.4 Å². The predicted molar refractivity (Wildman–Crippen MR) is 143 cm³/mol. The summed E-state index contributed by atoms with van der Waals surface area (Å²) in [5.41, 5.74) is 2.83. The molecule has 2 aromatic carbocycles. The lowest BCUT2D eigenvalue weighted by Crippen LogP contribution is -2.38. The van der Waals surface area contributed by atoms with Crippen molar-refractivity contribution in [2.45, 2.75) is 44.6 Å². The molecule has 0 radical (unpaired) electrons. The topological polar surface area (TPSA) is 117 Å². The molecule has 2 aliphatic rings. The number of phenolic OH excluding ortho intramolecular Hbond substituents is 1. The number of hydrogen-bond donors (Lipinski definition) is 3. The fraction of sp³-hybridized carbons (Fsp3) is 0.483. The zero-order valence-corrected chi connectivity index (χ0v) is 21.7. The maximum absolute atomic E-state index is 12.9. The first-order valence-corrected chi connectivity index (χ1v) is 13.4. The van der Waals surface area contributed by atoms with Crippen LogP contribution in [0.4, 0.5) is 0 Å². The Balaban J connectivity index is 1.41. The molecule has 0 saturated carbocycles. The highest BCUT2D eigenvalue weighted by molar-refractivity contribution is 5.95. The van der Waals surface area contributed by atoms with Crippen molar-refractivity contribution in [3.05, 3.63) is 53.6 Å². The highest BCUT2D eigenvalue weighted by Gasteiger charge is 2.19. The Morgan fingerprint density at radius 2 is 1.84 bits per heavy atom. The smallest absolute Gasteiger partial charge is 0.251 e. The molecule has 1 fully saturated rings. The number of hydrogen-bond acceptors (Lipinski definition) is 6. The molecule has 2 heterocycles. The Morgan fingerprint density at radius 1 is 1.00 bits per heavy atom. The van der Waals surface area contributed by atoms with Crippen LogP contribution in [0.1, 0.15) is 48.0 Å². The molecule has 3 amide bonds. The number of nitrogens with one attached hydrogen (secondary N) is 2. The van der Waals surface area contributed by atoms with Gasteiger partial charge >= 0.3 is 0 Å². The van der Waals surface area contributed by atoms with Gasteiger partial charge in [-0.25, -0.2) is 0 Å². The zero-order valence-electron chi connectivity index (χ0n) is 21.7. The first-order chi connectivity index (χ1) is 18.5. The van der Waals surface area contributed by atoms with Crippen molar-refractivity contribution in [3.63, 3.8) is 0 Å². The number of phenols is 1. The third-order valence-corrected chi connectivity index (χ3v) is 6.86. The molecule has 204 valence electrons. The number of ether oxygens (including phenoxy) is 2. The van der Waals surface area contributed by atoms with Crippen LogP contribution >= 0.6 is 0 Å². The van der Waals surface area contributed by atoms with E-state index in [0.717, 1.165) is 30.6 Å². The second-order valence-corrected chi connectivity index (χ2v) is 9.78. The van der Waals surface area contributed by atoms with Gasteiger partial charge in [0.25, 0.3) is 5.91 Å². The highest BCUT2D eigenvalue weighted by Crippen LogP contribution is 2.30. The number of benzene rings is 2. The van der Waals surface area contributed by atoms with Gasteiger partial charge in [0, 0.05) is 50.3 Å². The fourth-order valence-electron chi connectivity index (χ4n) is 4.74. The minimum Gasteiger partial charge on any atom is -0.507 e. The van der Waals surface area contributed by atoms with Crippen molar-refractivity contribution >= 4 is 17.7 Å². The van der Waals surface area contributed by atoms with E-state index >= 15 is 0 Å². The minimum absolute atomic E-state index is 0.0312. The van der Waals surface area contributed by atoms with Crippen molar-refractivity contribution in [1.82, 2.24) is 15.5 Å². The quantitative estimate of drug-likeness (QED) is 0.567. The molecule has 1 saturated heterocycles. The van der Waals surface area contributed by atoms with Gasteiger partial charge in [-0.2, -0.15) is 0 Å². The molecular weight excluding hydrogens is 486 g/mol. The number of carbonyl (C=O) groups is 3. The molecule has 4 rings (SSSR count). The van der Waals surface area contributed by atoms with E-state index in [2.05, 4.69) is 10.6 Å². The predicted octanol–water partition coefficient (Wildman–Crippen LogP) is 2.66. The van der Waals surface area contributed by atoms with Gasteiger partial charge in [0.05, 0.1) is 12.7 Å². The first kappa shape index (κ1) is 27.6. The monoisotopic (exact) mass is 523 g/mol. The van der Waals surface area contributed by atoms with Crippen LogP contribution in [-0.2, 0) is 25.5 Å². The van der Waals surface area contributed by atoms with E-state index in [9.17, 15) is 19.5 Å². The van der Waals surface area contributed by atoms with Crippen LogP contribution in [0.3, 0.4) is 0 Å². The summed E-state index contributed by atoms with van der Waals surface area (Å²) in [7, 11) is 0. The van der Waals surface area contributed by atoms with Crippen molar-refractivity contribution in [1.29, 1.82) is 0 Å². The number of rotatable bonds is 4. The normalized spacial score (nSPS) is 19.6. The van der Waals surface area contributed by atoms with E-state index in [4.69, 9.17) is 9.47 Å². The molecule has 0 aliphatic carbocycles. The Bertz CT molecular complexity index is 1120. The van der Waals surface area contributed by atoms with Crippen molar-refractivity contribution in [3.8, 4) is 16.9 Å². The van der Waals surface area contributed by atoms with Gasteiger partial charge in [-0.15, -0.1) is 0 Å². The van der Waals surface area contributed by atoms with Crippen LogP contribution in [-0.4, -0.2) is 79.8 Å². The third-order valence-electron chi connectivity index (χ3n) is 6.86. The minimum atomic E-state index is -0.215. The SMILES string of the molecule is O=C1CCCN(C(=O)COCC2CCCO2)CCCNC(=O)c2cccc(c2)-c2cc(ccc2O)CCN1. The lowest BCUT2D eigenvalue weighted by molar-refractivity contribution is -0.137. The lowest BCUT2D eigenvalue weighted by atomic mass is 9.98. The molecule has 2 aromatic rings. The first-order valence-electron chi connectivity index (χ1n) is 13.4. The van der Waals surface area contributed by atoms with Gasteiger partial charge in [-0.3, -0.25) is 14.4 Å². The van der Waals surface area contributed by atoms with Crippen LogP contribution < -0.4 is 10.6 Å². The van der Waals surface area contributed by atoms with Crippen molar-refractivity contribution in [2.75, 3.05) is 46.0 Å². The van der Waals surface area contributed by atoms with Crippen LogP contribution in [0.15, 0.2) is 42.5 Å². The molecule has 38 heavy (non-hydrogen) atoms. The van der Waals surface area contributed by atoms with Crippen molar-refractivity contribution < 1.29 is 29.0 Å². The third kappa shape index (κ3) is 8.03. The zero-order chi connectivity index (χ0) is 26.7. The Labute approximate surface area is 223 Å². The molecule has 0 aromatic heterocycles.